The third kappa shape index (κ3) is 2.28. The number of hydrogen-bond acceptors (Lipinski definition) is 3. The predicted octanol–water partition coefficient (Wildman–Crippen LogP) is 1.63. The lowest BCUT2D eigenvalue weighted by atomic mass is 10.0. The van der Waals surface area contributed by atoms with Gasteiger partial charge < -0.3 is 10.6 Å². The van der Waals surface area contributed by atoms with Gasteiger partial charge in [-0.25, -0.2) is 0 Å². The zero-order chi connectivity index (χ0) is 11.8. The Bertz CT molecular complexity index is 372. The molecular weight excluding hydrogens is 220 g/mol. The third-order valence-corrected chi connectivity index (χ3v) is 3.99. The van der Waals surface area contributed by atoms with E-state index in [0.717, 1.165) is 11.3 Å². The summed E-state index contributed by atoms with van der Waals surface area (Å²) in [5.41, 5.74) is 5.83. The molecular formula is C12H18N2OS. The maximum atomic E-state index is 12.2. The highest BCUT2D eigenvalue weighted by molar-refractivity contribution is 7.10. The van der Waals surface area contributed by atoms with E-state index < -0.39 is 0 Å². The van der Waals surface area contributed by atoms with Crippen LogP contribution in [0.5, 0.6) is 0 Å². The van der Waals surface area contributed by atoms with Crippen molar-refractivity contribution in [3.63, 3.8) is 0 Å². The van der Waals surface area contributed by atoms with Crippen LogP contribution in [0.25, 0.3) is 0 Å². The second kappa shape index (κ2) is 4.18. The maximum absolute atomic E-state index is 12.2. The van der Waals surface area contributed by atoms with E-state index >= 15 is 0 Å². The molecule has 1 saturated heterocycles. The molecule has 3 nitrogen and oxygen atoms in total. The summed E-state index contributed by atoms with van der Waals surface area (Å²) in [5.74, 6) is 0.195. The van der Waals surface area contributed by atoms with E-state index in [1.165, 1.54) is 0 Å². The monoisotopic (exact) mass is 238 g/mol. The van der Waals surface area contributed by atoms with Crippen molar-refractivity contribution in [1.82, 2.24) is 4.90 Å². The first-order valence-electron chi connectivity index (χ1n) is 5.57. The molecule has 88 valence electrons. The SMILES string of the molecule is CC1(C)CC(N)CN1C(=O)Cc1cccs1. The molecule has 1 amide bonds. The lowest BCUT2D eigenvalue weighted by Gasteiger charge is -2.31. The van der Waals surface area contributed by atoms with E-state index in [9.17, 15) is 4.79 Å². The van der Waals surface area contributed by atoms with E-state index in [-0.39, 0.29) is 17.5 Å². The fourth-order valence-electron chi connectivity index (χ4n) is 2.40. The summed E-state index contributed by atoms with van der Waals surface area (Å²) < 4.78 is 0. The Morgan fingerprint density at radius 3 is 2.94 bits per heavy atom. The van der Waals surface area contributed by atoms with Crippen LogP contribution in [0.1, 0.15) is 25.1 Å². The van der Waals surface area contributed by atoms with Crippen LogP contribution < -0.4 is 5.73 Å². The van der Waals surface area contributed by atoms with Crippen molar-refractivity contribution >= 4 is 17.2 Å². The summed E-state index contributed by atoms with van der Waals surface area (Å²) in [6.07, 6.45) is 1.40. The van der Waals surface area contributed by atoms with Gasteiger partial charge in [-0.1, -0.05) is 6.07 Å². The Morgan fingerprint density at radius 1 is 1.69 bits per heavy atom. The van der Waals surface area contributed by atoms with E-state index in [0.29, 0.717) is 13.0 Å². The summed E-state index contributed by atoms with van der Waals surface area (Å²) in [7, 11) is 0. The molecule has 1 aliphatic heterocycles. The first-order valence-corrected chi connectivity index (χ1v) is 6.45. The Hall–Kier alpha value is -0.870. The first-order chi connectivity index (χ1) is 7.49. The van der Waals surface area contributed by atoms with Gasteiger partial charge in [0.05, 0.1) is 6.42 Å². The number of nitrogens with zero attached hydrogens (tertiary/aromatic N) is 1. The quantitative estimate of drug-likeness (QED) is 0.851. The van der Waals surface area contributed by atoms with Crippen LogP contribution in [0.15, 0.2) is 17.5 Å². The molecule has 1 aromatic heterocycles. The molecule has 1 aliphatic rings. The lowest BCUT2D eigenvalue weighted by molar-refractivity contribution is -0.133. The average Bonchev–Trinajstić information content (AvgIpc) is 2.73. The van der Waals surface area contributed by atoms with Gasteiger partial charge in [-0.05, 0) is 31.7 Å². The number of hydrogen-bond donors (Lipinski definition) is 1. The van der Waals surface area contributed by atoms with E-state index in [2.05, 4.69) is 13.8 Å². The van der Waals surface area contributed by atoms with Crippen LogP contribution in [0.3, 0.4) is 0 Å². The second-order valence-electron chi connectivity index (χ2n) is 5.04. The minimum absolute atomic E-state index is 0.0895. The highest BCUT2D eigenvalue weighted by Crippen LogP contribution is 2.28. The number of carbonyl (C=O) groups is 1. The van der Waals surface area contributed by atoms with Gasteiger partial charge >= 0.3 is 0 Å². The van der Waals surface area contributed by atoms with Crippen LogP contribution in [0.2, 0.25) is 0 Å². The molecule has 0 radical (unpaired) electrons. The molecule has 1 atom stereocenters. The Morgan fingerprint density at radius 2 is 2.44 bits per heavy atom. The molecule has 0 spiro atoms. The topological polar surface area (TPSA) is 46.3 Å². The molecule has 1 aromatic rings. The highest BCUT2D eigenvalue weighted by atomic mass is 32.1. The lowest BCUT2D eigenvalue weighted by Crippen LogP contribution is -2.43. The van der Waals surface area contributed by atoms with Crippen molar-refractivity contribution < 1.29 is 4.79 Å². The number of thiophene rings is 1. The number of likely N-dealkylation sites (tertiary alicyclic amines) is 1. The summed E-state index contributed by atoms with van der Waals surface area (Å²) >= 11 is 1.63. The average molecular weight is 238 g/mol. The molecule has 1 unspecified atom stereocenters. The van der Waals surface area contributed by atoms with Gasteiger partial charge in [-0.2, -0.15) is 0 Å². The first kappa shape index (κ1) is 11.6. The number of rotatable bonds is 2. The zero-order valence-electron chi connectivity index (χ0n) is 9.77. The van der Waals surface area contributed by atoms with Crippen molar-refractivity contribution in [1.29, 1.82) is 0 Å². The van der Waals surface area contributed by atoms with Crippen molar-refractivity contribution in [2.45, 2.75) is 38.3 Å². The molecule has 0 saturated carbocycles. The Kier molecular flexibility index (Phi) is 3.04. The summed E-state index contributed by atoms with van der Waals surface area (Å²) in [4.78, 5) is 15.2. The summed E-state index contributed by atoms with van der Waals surface area (Å²) in [5, 5.41) is 2.00. The van der Waals surface area contributed by atoms with Crippen molar-refractivity contribution in [3.05, 3.63) is 22.4 Å². The highest BCUT2D eigenvalue weighted by Gasteiger charge is 2.39. The van der Waals surface area contributed by atoms with Gasteiger partial charge in [0.1, 0.15) is 0 Å². The largest absolute Gasteiger partial charge is 0.336 e. The molecule has 0 bridgehead atoms. The van der Waals surface area contributed by atoms with E-state index in [1.807, 2.05) is 22.4 Å². The van der Waals surface area contributed by atoms with Crippen LogP contribution in [0, 0.1) is 0 Å². The van der Waals surface area contributed by atoms with Gasteiger partial charge in [0.25, 0.3) is 0 Å². The fraction of sp³-hybridized carbons (Fsp3) is 0.583. The minimum atomic E-state index is -0.0895. The predicted molar refractivity (Wildman–Crippen MR) is 66.4 cm³/mol. The van der Waals surface area contributed by atoms with Crippen molar-refractivity contribution in [2.24, 2.45) is 5.73 Å². The Balaban J connectivity index is 2.05. The van der Waals surface area contributed by atoms with Gasteiger partial charge in [-0.3, -0.25) is 4.79 Å². The molecule has 0 aliphatic carbocycles. The van der Waals surface area contributed by atoms with Crippen molar-refractivity contribution in [2.75, 3.05) is 6.54 Å². The molecule has 2 N–H and O–H groups in total. The zero-order valence-corrected chi connectivity index (χ0v) is 10.6. The van der Waals surface area contributed by atoms with Crippen LogP contribution in [-0.4, -0.2) is 28.9 Å². The molecule has 2 rings (SSSR count). The number of carbonyl (C=O) groups excluding carboxylic acids is 1. The van der Waals surface area contributed by atoms with Gasteiger partial charge in [0, 0.05) is 23.0 Å². The molecule has 4 heteroatoms. The number of nitrogens with two attached hydrogens (primary N) is 1. The Labute approximate surface area is 100 Å². The minimum Gasteiger partial charge on any atom is -0.336 e. The number of amides is 1. The second-order valence-corrected chi connectivity index (χ2v) is 6.07. The molecule has 2 heterocycles. The molecule has 1 fully saturated rings. The molecule has 16 heavy (non-hydrogen) atoms. The van der Waals surface area contributed by atoms with Crippen LogP contribution >= 0.6 is 11.3 Å². The summed E-state index contributed by atoms with van der Waals surface area (Å²) in [6.45, 7) is 4.87. The normalized spacial score (nSPS) is 23.7. The smallest absolute Gasteiger partial charge is 0.228 e. The van der Waals surface area contributed by atoms with Gasteiger partial charge in [0.15, 0.2) is 0 Å². The van der Waals surface area contributed by atoms with Crippen LogP contribution in [-0.2, 0) is 11.2 Å². The standard InChI is InChI=1S/C12H18N2OS/c1-12(2)7-9(13)8-14(12)11(15)6-10-4-3-5-16-10/h3-5,9H,6-8,13H2,1-2H3. The summed E-state index contributed by atoms with van der Waals surface area (Å²) in [6, 6.07) is 4.11. The van der Waals surface area contributed by atoms with Crippen LogP contribution in [0.4, 0.5) is 0 Å². The van der Waals surface area contributed by atoms with Gasteiger partial charge in [0.2, 0.25) is 5.91 Å². The van der Waals surface area contributed by atoms with E-state index in [4.69, 9.17) is 5.73 Å². The molecule has 0 aromatic carbocycles. The third-order valence-electron chi connectivity index (χ3n) is 3.12. The van der Waals surface area contributed by atoms with Crippen molar-refractivity contribution in [3.8, 4) is 0 Å². The van der Waals surface area contributed by atoms with E-state index in [1.54, 1.807) is 11.3 Å². The maximum Gasteiger partial charge on any atom is 0.228 e. The fourth-order valence-corrected chi connectivity index (χ4v) is 3.09. The van der Waals surface area contributed by atoms with Gasteiger partial charge in [-0.15, -0.1) is 11.3 Å².